The Morgan fingerprint density at radius 3 is 2.52 bits per heavy atom. The zero-order valence-corrected chi connectivity index (χ0v) is 12.5. The minimum absolute atomic E-state index is 0.567. The van der Waals surface area contributed by atoms with Crippen LogP contribution in [0.4, 0.5) is 5.82 Å². The molecule has 0 spiro atoms. The summed E-state index contributed by atoms with van der Waals surface area (Å²) in [6.45, 7) is 2.63. The lowest BCUT2D eigenvalue weighted by Gasteiger charge is -2.06. The topological polar surface area (TPSA) is 43.8 Å². The van der Waals surface area contributed by atoms with Crippen molar-refractivity contribution in [1.82, 2.24) is 9.78 Å². The molecule has 2 N–H and O–H groups in total. The molecule has 3 nitrogen and oxygen atoms in total. The molecule has 3 aromatic rings. The van der Waals surface area contributed by atoms with Crippen LogP contribution in [-0.4, -0.2) is 9.78 Å². The van der Waals surface area contributed by atoms with E-state index >= 15 is 0 Å². The van der Waals surface area contributed by atoms with Crippen LogP contribution in [0.1, 0.15) is 11.1 Å². The second-order valence-electron chi connectivity index (χ2n) is 5.07. The molecule has 0 aliphatic rings. The van der Waals surface area contributed by atoms with Crippen LogP contribution in [0, 0.1) is 6.92 Å². The maximum atomic E-state index is 6.19. The van der Waals surface area contributed by atoms with Gasteiger partial charge >= 0.3 is 0 Å². The Morgan fingerprint density at radius 2 is 1.81 bits per heavy atom. The van der Waals surface area contributed by atoms with E-state index in [-0.39, 0.29) is 0 Å². The van der Waals surface area contributed by atoms with Crippen LogP contribution in [0.15, 0.2) is 54.6 Å². The molecule has 21 heavy (non-hydrogen) atoms. The van der Waals surface area contributed by atoms with Gasteiger partial charge in [-0.25, -0.2) is 4.68 Å². The van der Waals surface area contributed by atoms with Crippen molar-refractivity contribution >= 4 is 17.4 Å². The first-order chi connectivity index (χ1) is 10.1. The van der Waals surface area contributed by atoms with Crippen LogP contribution in [0.25, 0.3) is 11.3 Å². The lowest BCUT2D eigenvalue weighted by atomic mass is 10.1. The average molecular weight is 298 g/mol. The number of benzene rings is 2. The van der Waals surface area contributed by atoms with Crippen LogP contribution in [0.3, 0.4) is 0 Å². The summed E-state index contributed by atoms with van der Waals surface area (Å²) in [7, 11) is 0. The van der Waals surface area contributed by atoms with E-state index in [4.69, 9.17) is 17.3 Å². The van der Waals surface area contributed by atoms with E-state index < -0.39 is 0 Å². The Balaban J connectivity index is 1.91. The number of halogens is 1. The number of nitrogen functional groups attached to an aromatic ring is 1. The molecule has 0 amide bonds. The van der Waals surface area contributed by atoms with Crippen molar-refractivity contribution in [1.29, 1.82) is 0 Å². The number of anilines is 1. The Kier molecular flexibility index (Phi) is 3.67. The van der Waals surface area contributed by atoms with Crippen molar-refractivity contribution in [3.05, 3.63) is 70.7 Å². The molecule has 0 unspecified atom stereocenters. The highest BCUT2D eigenvalue weighted by Crippen LogP contribution is 2.23. The second-order valence-corrected chi connectivity index (χ2v) is 5.48. The van der Waals surface area contributed by atoms with E-state index in [2.05, 4.69) is 36.3 Å². The Hall–Kier alpha value is -2.26. The summed E-state index contributed by atoms with van der Waals surface area (Å²) in [5.41, 5.74) is 10.2. The molecule has 0 saturated carbocycles. The maximum Gasteiger partial charge on any atom is 0.122 e. The van der Waals surface area contributed by atoms with Crippen LogP contribution in [0.2, 0.25) is 5.02 Å². The molecule has 0 atom stereocenters. The van der Waals surface area contributed by atoms with Crippen molar-refractivity contribution in [2.45, 2.75) is 13.5 Å². The number of rotatable bonds is 3. The van der Waals surface area contributed by atoms with Crippen LogP contribution in [-0.2, 0) is 6.54 Å². The van der Waals surface area contributed by atoms with Crippen molar-refractivity contribution < 1.29 is 0 Å². The van der Waals surface area contributed by atoms with Gasteiger partial charge in [-0.05, 0) is 18.6 Å². The monoisotopic (exact) mass is 297 g/mol. The van der Waals surface area contributed by atoms with Gasteiger partial charge in [0.15, 0.2) is 0 Å². The molecular formula is C17H16ClN3. The first-order valence-electron chi connectivity index (χ1n) is 6.77. The number of hydrogen-bond acceptors (Lipinski definition) is 2. The molecule has 2 aromatic carbocycles. The summed E-state index contributed by atoms with van der Waals surface area (Å²) in [6, 6.07) is 17.9. The van der Waals surface area contributed by atoms with E-state index in [0.29, 0.717) is 12.4 Å². The van der Waals surface area contributed by atoms with Gasteiger partial charge in [0.25, 0.3) is 0 Å². The molecule has 4 heteroatoms. The molecule has 106 valence electrons. The fourth-order valence-corrected chi connectivity index (χ4v) is 2.41. The van der Waals surface area contributed by atoms with Gasteiger partial charge in [0.05, 0.1) is 12.2 Å². The Bertz CT molecular complexity index is 760. The van der Waals surface area contributed by atoms with Gasteiger partial charge in [0.2, 0.25) is 0 Å². The third-order valence-corrected chi connectivity index (χ3v) is 3.81. The number of nitrogens with zero attached hydrogens (tertiary/aromatic N) is 2. The highest BCUT2D eigenvalue weighted by Gasteiger charge is 2.09. The smallest absolute Gasteiger partial charge is 0.122 e. The predicted molar refractivity (Wildman–Crippen MR) is 87.4 cm³/mol. The summed E-state index contributed by atoms with van der Waals surface area (Å²) in [6.07, 6.45) is 0. The van der Waals surface area contributed by atoms with E-state index in [9.17, 15) is 0 Å². The number of aryl methyl sites for hydroxylation is 1. The SMILES string of the molecule is Cc1ccc(-c2cc(N)n(Cc3ccccc3Cl)n2)cc1. The van der Waals surface area contributed by atoms with E-state index in [1.807, 2.05) is 30.3 Å². The summed E-state index contributed by atoms with van der Waals surface area (Å²) < 4.78 is 1.77. The average Bonchev–Trinajstić information content (AvgIpc) is 2.83. The minimum atomic E-state index is 0.567. The fraction of sp³-hybridized carbons (Fsp3) is 0.118. The standard InChI is InChI=1S/C17H16ClN3/c1-12-6-8-13(9-7-12)16-10-17(19)21(20-16)11-14-4-2-3-5-15(14)18/h2-10H,11,19H2,1H3. The highest BCUT2D eigenvalue weighted by atomic mass is 35.5. The van der Waals surface area contributed by atoms with Gasteiger partial charge in [-0.3, -0.25) is 0 Å². The van der Waals surface area contributed by atoms with E-state index in [1.54, 1.807) is 4.68 Å². The zero-order valence-electron chi connectivity index (χ0n) is 11.8. The summed E-state index contributed by atoms with van der Waals surface area (Å²) in [5.74, 6) is 0.630. The van der Waals surface area contributed by atoms with Gasteiger partial charge in [-0.15, -0.1) is 0 Å². The fourth-order valence-electron chi connectivity index (χ4n) is 2.21. The molecule has 1 aromatic heterocycles. The molecule has 3 rings (SSSR count). The van der Waals surface area contributed by atoms with Crippen LogP contribution in [0.5, 0.6) is 0 Å². The summed E-state index contributed by atoms with van der Waals surface area (Å²) in [4.78, 5) is 0. The largest absolute Gasteiger partial charge is 0.384 e. The van der Waals surface area contributed by atoms with Gasteiger partial charge < -0.3 is 5.73 Å². The molecule has 0 bridgehead atoms. The summed E-state index contributed by atoms with van der Waals surface area (Å²) >= 11 is 6.19. The normalized spacial score (nSPS) is 10.8. The molecule has 1 heterocycles. The predicted octanol–water partition coefficient (Wildman–Crippen LogP) is 4.14. The van der Waals surface area contributed by atoms with Gasteiger partial charge in [0.1, 0.15) is 5.82 Å². The summed E-state index contributed by atoms with van der Waals surface area (Å²) in [5, 5.41) is 5.31. The van der Waals surface area contributed by atoms with Crippen molar-refractivity contribution in [2.75, 3.05) is 5.73 Å². The second kappa shape index (κ2) is 5.62. The zero-order chi connectivity index (χ0) is 14.8. The van der Waals surface area contributed by atoms with E-state index in [1.165, 1.54) is 5.56 Å². The quantitative estimate of drug-likeness (QED) is 0.789. The van der Waals surface area contributed by atoms with Gasteiger partial charge in [0, 0.05) is 16.7 Å². The van der Waals surface area contributed by atoms with Crippen LogP contribution >= 0.6 is 11.6 Å². The Labute approximate surface area is 129 Å². The third-order valence-electron chi connectivity index (χ3n) is 3.44. The molecule has 0 aliphatic heterocycles. The lowest BCUT2D eigenvalue weighted by molar-refractivity contribution is 0.700. The van der Waals surface area contributed by atoms with Gasteiger partial charge in [-0.2, -0.15) is 5.10 Å². The lowest BCUT2D eigenvalue weighted by Crippen LogP contribution is -2.06. The molecule has 0 saturated heterocycles. The first kappa shape index (κ1) is 13.7. The van der Waals surface area contributed by atoms with Crippen LogP contribution < -0.4 is 5.73 Å². The van der Waals surface area contributed by atoms with Crippen molar-refractivity contribution in [3.63, 3.8) is 0 Å². The highest BCUT2D eigenvalue weighted by molar-refractivity contribution is 6.31. The molecule has 0 fully saturated rings. The molecular weight excluding hydrogens is 282 g/mol. The maximum absolute atomic E-state index is 6.19. The number of nitrogens with two attached hydrogens (primary N) is 1. The minimum Gasteiger partial charge on any atom is -0.384 e. The molecule has 0 aliphatic carbocycles. The Morgan fingerprint density at radius 1 is 1.10 bits per heavy atom. The first-order valence-corrected chi connectivity index (χ1v) is 7.15. The van der Waals surface area contributed by atoms with Crippen molar-refractivity contribution in [2.24, 2.45) is 0 Å². The third kappa shape index (κ3) is 2.93. The van der Waals surface area contributed by atoms with Gasteiger partial charge in [-0.1, -0.05) is 59.6 Å². The van der Waals surface area contributed by atoms with Crippen molar-refractivity contribution in [3.8, 4) is 11.3 Å². The number of hydrogen-bond donors (Lipinski definition) is 1. The number of aromatic nitrogens is 2. The van der Waals surface area contributed by atoms with E-state index in [0.717, 1.165) is 21.8 Å². The molecule has 0 radical (unpaired) electrons.